The molecule has 1 aromatic heterocycles. The van der Waals surface area contributed by atoms with E-state index in [2.05, 4.69) is 18.0 Å². The van der Waals surface area contributed by atoms with Crippen molar-refractivity contribution in [2.24, 2.45) is 0 Å². The van der Waals surface area contributed by atoms with Crippen LogP contribution < -0.4 is 5.73 Å². The van der Waals surface area contributed by atoms with Crippen LogP contribution in [0.15, 0.2) is 28.8 Å². The molecule has 2 aromatic rings. The van der Waals surface area contributed by atoms with Crippen LogP contribution in [0.3, 0.4) is 0 Å². The van der Waals surface area contributed by atoms with Crippen molar-refractivity contribution in [2.75, 3.05) is 5.73 Å². The van der Waals surface area contributed by atoms with Crippen LogP contribution in [0.2, 0.25) is 0 Å². The van der Waals surface area contributed by atoms with E-state index in [1.165, 1.54) is 11.1 Å². The topological polar surface area (TPSA) is 52.0 Å². The summed E-state index contributed by atoms with van der Waals surface area (Å²) < 4.78 is 5.26. The number of aryl methyl sites for hydroxylation is 2. The lowest BCUT2D eigenvalue weighted by Gasteiger charge is -2.02. The van der Waals surface area contributed by atoms with Crippen LogP contribution in [0, 0.1) is 13.8 Å². The Hall–Kier alpha value is -1.77. The zero-order chi connectivity index (χ0) is 10.1. The highest BCUT2D eigenvalue weighted by atomic mass is 16.4. The van der Waals surface area contributed by atoms with Gasteiger partial charge in [0.2, 0.25) is 0 Å². The fourth-order valence-electron chi connectivity index (χ4n) is 1.50. The summed E-state index contributed by atoms with van der Waals surface area (Å²) in [7, 11) is 0. The van der Waals surface area contributed by atoms with E-state index in [-0.39, 0.29) is 6.01 Å². The maximum Gasteiger partial charge on any atom is 0.292 e. The predicted molar refractivity (Wildman–Crippen MR) is 55.8 cm³/mol. The molecule has 0 radical (unpaired) electrons. The maximum absolute atomic E-state index is 5.42. The Morgan fingerprint density at radius 1 is 1.29 bits per heavy atom. The van der Waals surface area contributed by atoms with Crippen molar-refractivity contribution in [1.29, 1.82) is 0 Å². The van der Waals surface area contributed by atoms with Gasteiger partial charge in [0, 0.05) is 5.56 Å². The third-order valence-electron chi connectivity index (χ3n) is 2.17. The molecule has 0 aliphatic heterocycles. The Labute approximate surface area is 82.6 Å². The first kappa shape index (κ1) is 8.81. The quantitative estimate of drug-likeness (QED) is 0.748. The van der Waals surface area contributed by atoms with Crippen molar-refractivity contribution in [3.05, 3.63) is 35.5 Å². The molecule has 1 aromatic carbocycles. The van der Waals surface area contributed by atoms with E-state index in [1.807, 2.05) is 19.1 Å². The van der Waals surface area contributed by atoms with Gasteiger partial charge in [-0.2, -0.15) is 0 Å². The van der Waals surface area contributed by atoms with Crippen LogP contribution in [0.1, 0.15) is 11.1 Å². The van der Waals surface area contributed by atoms with Crippen LogP contribution in [0.4, 0.5) is 6.01 Å². The van der Waals surface area contributed by atoms with Gasteiger partial charge in [0.1, 0.15) is 0 Å². The van der Waals surface area contributed by atoms with Gasteiger partial charge in [-0.1, -0.05) is 23.8 Å². The average Bonchev–Trinajstić information content (AvgIpc) is 2.51. The second-order valence-corrected chi connectivity index (χ2v) is 3.38. The van der Waals surface area contributed by atoms with Crippen LogP contribution in [0.25, 0.3) is 11.3 Å². The molecular weight excluding hydrogens is 176 g/mol. The lowest BCUT2D eigenvalue weighted by molar-refractivity contribution is 0.594. The number of nitrogens with zero attached hydrogens (tertiary/aromatic N) is 1. The number of oxazole rings is 1. The zero-order valence-corrected chi connectivity index (χ0v) is 8.24. The molecule has 3 heteroatoms. The molecule has 0 amide bonds. The van der Waals surface area contributed by atoms with Gasteiger partial charge in [-0.05, 0) is 19.4 Å². The van der Waals surface area contributed by atoms with Crippen LogP contribution >= 0.6 is 0 Å². The summed E-state index contributed by atoms with van der Waals surface area (Å²) in [4.78, 5) is 3.87. The highest BCUT2D eigenvalue weighted by Gasteiger charge is 2.06. The Morgan fingerprint density at radius 2 is 2.07 bits per heavy atom. The summed E-state index contributed by atoms with van der Waals surface area (Å²) in [5.74, 6) is 0.722. The Balaban J connectivity index is 2.52. The SMILES string of the molecule is Cc1ccc(-c2cnc(N)o2)c(C)c1. The molecule has 0 aliphatic rings. The fourth-order valence-corrected chi connectivity index (χ4v) is 1.50. The Morgan fingerprint density at radius 3 is 2.64 bits per heavy atom. The molecule has 2 rings (SSSR count). The number of nitrogen functional groups attached to an aromatic ring is 1. The molecule has 0 aliphatic carbocycles. The van der Waals surface area contributed by atoms with E-state index >= 15 is 0 Å². The van der Waals surface area contributed by atoms with Crippen molar-refractivity contribution >= 4 is 6.01 Å². The molecule has 0 saturated carbocycles. The zero-order valence-electron chi connectivity index (χ0n) is 8.24. The van der Waals surface area contributed by atoms with E-state index in [1.54, 1.807) is 6.20 Å². The summed E-state index contributed by atoms with van der Waals surface area (Å²) in [6.45, 7) is 4.10. The Kier molecular flexibility index (Phi) is 2.00. The second-order valence-electron chi connectivity index (χ2n) is 3.38. The van der Waals surface area contributed by atoms with Gasteiger partial charge in [0.15, 0.2) is 5.76 Å². The van der Waals surface area contributed by atoms with Crippen LogP contribution in [-0.4, -0.2) is 4.98 Å². The van der Waals surface area contributed by atoms with Crippen molar-refractivity contribution in [3.8, 4) is 11.3 Å². The van der Waals surface area contributed by atoms with Gasteiger partial charge in [0.05, 0.1) is 6.20 Å². The van der Waals surface area contributed by atoms with Gasteiger partial charge in [-0.25, -0.2) is 4.98 Å². The third-order valence-corrected chi connectivity index (χ3v) is 2.17. The monoisotopic (exact) mass is 188 g/mol. The summed E-state index contributed by atoms with van der Waals surface area (Å²) in [5, 5.41) is 0. The van der Waals surface area contributed by atoms with Gasteiger partial charge in [0.25, 0.3) is 6.01 Å². The van der Waals surface area contributed by atoms with Crippen molar-refractivity contribution in [1.82, 2.24) is 4.98 Å². The van der Waals surface area contributed by atoms with Gasteiger partial charge in [-0.3, -0.25) is 0 Å². The lowest BCUT2D eigenvalue weighted by Crippen LogP contribution is -1.83. The molecule has 72 valence electrons. The molecule has 3 nitrogen and oxygen atoms in total. The molecule has 0 spiro atoms. The van der Waals surface area contributed by atoms with Crippen molar-refractivity contribution in [3.63, 3.8) is 0 Å². The fraction of sp³-hybridized carbons (Fsp3) is 0.182. The van der Waals surface area contributed by atoms with Crippen molar-refractivity contribution < 1.29 is 4.42 Å². The summed E-state index contributed by atoms with van der Waals surface area (Å²) in [6.07, 6.45) is 1.65. The highest BCUT2D eigenvalue weighted by molar-refractivity contribution is 5.62. The molecule has 0 unspecified atom stereocenters. The van der Waals surface area contributed by atoms with Gasteiger partial charge in [-0.15, -0.1) is 0 Å². The van der Waals surface area contributed by atoms with Crippen molar-refractivity contribution in [2.45, 2.75) is 13.8 Å². The molecule has 0 fully saturated rings. The first-order valence-electron chi connectivity index (χ1n) is 4.46. The standard InChI is InChI=1S/C11H12N2O/c1-7-3-4-9(8(2)5-7)10-6-13-11(12)14-10/h3-6H,1-2H3,(H2,12,13). The molecule has 1 heterocycles. The number of hydrogen-bond donors (Lipinski definition) is 1. The largest absolute Gasteiger partial charge is 0.424 e. The van der Waals surface area contributed by atoms with E-state index in [9.17, 15) is 0 Å². The number of nitrogens with two attached hydrogens (primary N) is 1. The first-order chi connectivity index (χ1) is 6.66. The normalized spacial score (nSPS) is 10.4. The minimum Gasteiger partial charge on any atom is -0.424 e. The third kappa shape index (κ3) is 1.48. The number of aromatic nitrogens is 1. The van der Waals surface area contributed by atoms with E-state index in [4.69, 9.17) is 10.2 Å². The number of anilines is 1. The highest BCUT2D eigenvalue weighted by Crippen LogP contribution is 2.25. The lowest BCUT2D eigenvalue weighted by atomic mass is 10.0. The summed E-state index contributed by atoms with van der Waals surface area (Å²) in [5.41, 5.74) is 8.86. The Bertz CT molecular complexity index is 460. The summed E-state index contributed by atoms with van der Waals surface area (Å²) >= 11 is 0. The maximum atomic E-state index is 5.42. The van der Waals surface area contributed by atoms with Crippen LogP contribution in [0.5, 0.6) is 0 Å². The number of benzene rings is 1. The van der Waals surface area contributed by atoms with Crippen LogP contribution in [-0.2, 0) is 0 Å². The van der Waals surface area contributed by atoms with Gasteiger partial charge >= 0.3 is 0 Å². The molecule has 0 bridgehead atoms. The minimum atomic E-state index is 0.208. The minimum absolute atomic E-state index is 0.208. The van der Waals surface area contributed by atoms with E-state index in [0.29, 0.717) is 0 Å². The predicted octanol–water partition coefficient (Wildman–Crippen LogP) is 2.54. The number of hydrogen-bond acceptors (Lipinski definition) is 3. The molecule has 2 N–H and O–H groups in total. The first-order valence-corrected chi connectivity index (χ1v) is 4.46. The van der Waals surface area contributed by atoms with E-state index < -0.39 is 0 Å². The average molecular weight is 188 g/mol. The molecule has 0 saturated heterocycles. The molecule has 14 heavy (non-hydrogen) atoms. The second kappa shape index (κ2) is 3.18. The van der Waals surface area contributed by atoms with Gasteiger partial charge < -0.3 is 10.2 Å². The smallest absolute Gasteiger partial charge is 0.292 e. The summed E-state index contributed by atoms with van der Waals surface area (Å²) in [6, 6.07) is 6.37. The molecular formula is C11H12N2O. The number of rotatable bonds is 1. The molecule has 0 atom stereocenters. The van der Waals surface area contributed by atoms with E-state index in [0.717, 1.165) is 11.3 Å².